The maximum atomic E-state index is 12.2. The maximum Gasteiger partial charge on any atom is 0.274 e. The average Bonchev–Trinajstić information content (AvgIpc) is 2.50. The molecule has 0 unspecified atom stereocenters. The summed E-state index contributed by atoms with van der Waals surface area (Å²) in [7, 11) is 0. The van der Waals surface area contributed by atoms with Crippen molar-refractivity contribution in [2.24, 2.45) is 0 Å². The third-order valence-corrected chi connectivity index (χ3v) is 3.19. The van der Waals surface area contributed by atoms with Gasteiger partial charge in [-0.15, -0.1) is 0 Å². The molecule has 0 bridgehead atoms. The summed E-state index contributed by atoms with van der Waals surface area (Å²) in [6.07, 6.45) is 3.51. The molecule has 0 aliphatic heterocycles. The van der Waals surface area contributed by atoms with Gasteiger partial charge in [-0.25, -0.2) is 9.97 Å². The van der Waals surface area contributed by atoms with Gasteiger partial charge < -0.3 is 10.6 Å². The molecule has 21 heavy (non-hydrogen) atoms. The van der Waals surface area contributed by atoms with Crippen molar-refractivity contribution in [3.63, 3.8) is 0 Å². The number of unbranched alkanes of at least 4 members (excludes halogenated alkanes) is 1. The fraction of sp³-hybridized carbons (Fsp3) is 0.267. The van der Waals surface area contributed by atoms with Crippen molar-refractivity contribution in [3.8, 4) is 0 Å². The molecule has 0 spiro atoms. The first-order valence-electron chi connectivity index (χ1n) is 6.82. The van der Waals surface area contributed by atoms with E-state index in [2.05, 4.69) is 27.5 Å². The summed E-state index contributed by atoms with van der Waals surface area (Å²) in [6, 6.07) is 8.69. The maximum absolute atomic E-state index is 12.2. The largest absolute Gasteiger partial charge is 0.370 e. The summed E-state index contributed by atoms with van der Waals surface area (Å²) in [4.78, 5) is 20.2. The van der Waals surface area contributed by atoms with Crippen molar-refractivity contribution in [1.82, 2.24) is 9.97 Å². The summed E-state index contributed by atoms with van der Waals surface area (Å²) in [5.41, 5.74) is 0.854. The number of benzene rings is 1. The van der Waals surface area contributed by atoms with Crippen molar-refractivity contribution < 1.29 is 4.79 Å². The van der Waals surface area contributed by atoms with Crippen LogP contribution in [0.2, 0.25) is 5.02 Å². The van der Waals surface area contributed by atoms with Crippen LogP contribution in [0.4, 0.5) is 11.5 Å². The van der Waals surface area contributed by atoms with E-state index in [1.54, 1.807) is 30.3 Å². The van der Waals surface area contributed by atoms with Crippen molar-refractivity contribution >= 4 is 29.0 Å². The lowest BCUT2D eigenvalue weighted by molar-refractivity contribution is 0.102. The lowest BCUT2D eigenvalue weighted by Crippen LogP contribution is -2.15. The highest BCUT2D eigenvalue weighted by Gasteiger charge is 2.10. The molecular weight excluding hydrogens is 288 g/mol. The molecule has 2 rings (SSSR count). The Kier molecular flexibility index (Phi) is 5.51. The third-order valence-electron chi connectivity index (χ3n) is 2.86. The van der Waals surface area contributed by atoms with Gasteiger partial charge in [0.25, 0.3) is 5.91 Å². The zero-order chi connectivity index (χ0) is 15.1. The van der Waals surface area contributed by atoms with E-state index in [0.717, 1.165) is 19.4 Å². The fourth-order valence-corrected chi connectivity index (χ4v) is 1.90. The first-order chi connectivity index (χ1) is 10.2. The average molecular weight is 305 g/mol. The number of hydrogen-bond acceptors (Lipinski definition) is 4. The molecule has 0 aliphatic rings. The Morgan fingerprint density at radius 1 is 1.29 bits per heavy atom. The lowest BCUT2D eigenvalue weighted by Gasteiger charge is -2.08. The zero-order valence-corrected chi connectivity index (χ0v) is 12.5. The van der Waals surface area contributed by atoms with Gasteiger partial charge in [0.05, 0.1) is 10.7 Å². The van der Waals surface area contributed by atoms with Gasteiger partial charge in [0.15, 0.2) is 0 Å². The first kappa shape index (κ1) is 15.3. The predicted molar refractivity (Wildman–Crippen MR) is 84.8 cm³/mol. The van der Waals surface area contributed by atoms with Crippen molar-refractivity contribution in [3.05, 3.63) is 47.4 Å². The smallest absolute Gasteiger partial charge is 0.274 e. The molecule has 110 valence electrons. The molecule has 0 atom stereocenters. The monoisotopic (exact) mass is 304 g/mol. The Labute approximate surface area is 128 Å². The Morgan fingerprint density at radius 3 is 2.86 bits per heavy atom. The minimum Gasteiger partial charge on any atom is -0.370 e. The highest BCUT2D eigenvalue weighted by atomic mass is 35.5. The number of carbonyl (C=O) groups is 1. The molecular formula is C15H17ClN4O. The van der Waals surface area contributed by atoms with Gasteiger partial charge in [0.1, 0.15) is 17.8 Å². The number of aromatic nitrogens is 2. The summed E-state index contributed by atoms with van der Waals surface area (Å²) in [5.74, 6) is 0.326. The zero-order valence-electron chi connectivity index (χ0n) is 11.8. The van der Waals surface area contributed by atoms with Gasteiger partial charge in [-0.2, -0.15) is 0 Å². The molecule has 0 radical (unpaired) electrons. The highest BCUT2D eigenvalue weighted by Crippen LogP contribution is 2.21. The Hall–Kier alpha value is -2.14. The van der Waals surface area contributed by atoms with E-state index in [1.807, 2.05) is 0 Å². The second kappa shape index (κ2) is 7.59. The van der Waals surface area contributed by atoms with E-state index in [-0.39, 0.29) is 5.91 Å². The molecule has 1 amide bonds. The Morgan fingerprint density at radius 2 is 2.10 bits per heavy atom. The molecule has 1 heterocycles. The van der Waals surface area contributed by atoms with Crippen molar-refractivity contribution in [2.75, 3.05) is 17.2 Å². The number of carbonyl (C=O) groups excluding carboxylic acids is 1. The number of nitrogens with one attached hydrogen (secondary N) is 2. The van der Waals surface area contributed by atoms with Gasteiger partial charge in [0, 0.05) is 12.6 Å². The number of amides is 1. The van der Waals surface area contributed by atoms with Crippen LogP contribution in [0.1, 0.15) is 30.3 Å². The van der Waals surface area contributed by atoms with Crippen LogP contribution in [0.5, 0.6) is 0 Å². The van der Waals surface area contributed by atoms with Crippen LogP contribution in [0.25, 0.3) is 0 Å². The van der Waals surface area contributed by atoms with Crippen LogP contribution in [0, 0.1) is 0 Å². The molecule has 1 aromatic carbocycles. The van der Waals surface area contributed by atoms with Crippen LogP contribution in [0.15, 0.2) is 36.7 Å². The molecule has 0 aliphatic carbocycles. The predicted octanol–water partition coefficient (Wildman–Crippen LogP) is 3.59. The standard InChI is InChI=1S/C15H17ClN4O/c1-2-3-8-17-14-9-13(18-10-19-14)15(21)20-12-7-5-4-6-11(12)16/h4-7,9-10H,2-3,8H2,1H3,(H,20,21)(H,17,18,19). The summed E-state index contributed by atoms with van der Waals surface area (Å²) >= 11 is 6.01. The molecule has 5 nitrogen and oxygen atoms in total. The van der Waals surface area contributed by atoms with Crippen LogP contribution >= 0.6 is 11.6 Å². The van der Waals surface area contributed by atoms with Gasteiger partial charge >= 0.3 is 0 Å². The van der Waals surface area contributed by atoms with E-state index in [0.29, 0.717) is 22.2 Å². The van der Waals surface area contributed by atoms with Gasteiger partial charge in [-0.05, 0) is 18.6 Å². The van der Waals surface area contributed by atoms with E-state index in [4.69, 9.17) is 11.6 Å². The minimum atomic E-state index is -0.316. The number of para-hydroxylation sites is 1. The Balaban J connectivity index is 2.05. The molecule has 2 aromatic rings. The third kappa shape index (κ3) is 4.43. The van der Waals surface area contributed by atoms with Crippen LogP contribution in [-0.4, -0.2) is 22.4 Å². The topological polar surface area (TPSA) is 66.9 Å². The quantitative estimate of drug-likeness (QED) is 0.800. The molecule has 1 aromatic heterocycles. The number of rotatable bonds is 6. The molecule has 2 N–H and O–H groups in total. The van der Waals surface area contributed by atoms with Crippen LogP contribution in [0.3, 0.4) is 0 Å². The molecule has 6 heteroatoms. The van der Waals surface area contributed by atoms with E-state index in [9.17, 15) is 4.79 Å². The second-order valence-corrected chi connectivity index (χ2v) is 4.91. The Bertz CT molecular complexity index is 618. The van der Waals surface area contributed by atoms with Gasteiger partial charge in [-0.1, -0.05) is 37.1 Å². The van der Waals surface area contributed by atoms with Crippen molar-refractivity contribution in [2.45, 2.75) is 19.8 Å². The fourth-order valence-electron chi connectivity index (χ4n) is 1.72. The number of halogens is 1. The minimum absolute atomic E-state index is 0.295. The lowest BCUT2D eigenvalue weighted by atomic mass is 10.3. The van der Waals surface area contributed by atoms with Crippen LogP contribution in [-0.2, 0) is 0 Å². The molecule has 0 fully saturated rings. The summed E-state index contributed by atoms with van der Waals surface area (Å²) in [6.45, 7) is 2.93. The number of nitrogens with zero attached hydrogens (tertiary/aromatic N) is 2. The second-order valence-electron chi connectivity index (χ2n) is 4.50. The van der Waals surface area contributed by atoms with Crippen LogP contribution < -0.4 is 10.6 Å². The SMILES string of the molecule is CCCCNc1cc(C(=O)Nc2ccccc2Cl)ncn1. The van der Waals surface area contributed by atoms with E-state index in [1.165, 1.54) is 6.33 Å². The van der Waals surface area contributed by atoms with Gasteiger partial charge in [0.2, 0.25) is 0 Å². The molecule has 0 saturated carbocycles. The van der Waals surface area contributed by atoms with E-state index >= 15 is 0 Å². The van der Waals surface area contributed by atoms with Crippen molar-refractivity contribution in [1.29, 1.82) is 0 Å². The number of hydrogen-bond donors (Lipinski definition) is 2. The highest BCUT2D eigenvalue weighted by molar-refractivity contribution is 6.33. The van der Waals surface area contributed by atoms with E-state index < -0.39 is 0 Å². The summed E-state index contributed by atoms with van der Waals surface area (Å²) < 4.78 is 0. The number of anilines is 2. The summed E-state index contributed by atoms with van der Waals surface area (Å²) in [5, 5.41) is 6.38. The van der Waals surface area contributed by atoms with Gasteiger partial charge in [-0.3, -0.25) is 4.79 Å². The first-order valence-corrected chi connectivity index (χ1v) is 7.20. The normalized spacial score (nSPS) is 10.2. The molecule has 0 saturated heterocycles.